The molecule has 78 valence electrons. The van der Waals surface area contributed by atoms with E-state index < -0.39 is 0 Å². The summed E-state index contributed by atoms with van der Waals surface area (Å²) in [6, 6.07) is 0. The van der Waals surface area contributed by atoms with Crippen molar-refractivity contribution in [1.82, 2.24) is 10.6 Å². The van der Waals surface area contributed by atoms with E-state index >= 15 is 0 Å². The fourth-order valence-electron chi connectivity index (χ4n) is 1.41. The predicted octanol–water partition coefficient (Wildman–Crippen LogP) is -0.484. The number of carbonyl (C=O) groups is 1. The second kappa shape index (κ2) is 7.12. The van der Waals surface area contributed by atoms with Crippen LogP contribution >= 0.6 is 12.4 Å². The van der Waals surface area contributed by atoms with E-state index in [4.69, 9.17) is 5.11 Å². The van der Waals surface area contributed by atoms with Crippen molar-refractivity contribution in [2.75, 3.05) is 26.2 Å². The van der Waals surface area contributed by atoms with E-state index in [0.29, 0.717) is 6.54 Å². The number of carbonyl (C=O) groups excluding carboxylic acids is 1. The van der Waals surface area contributed by atoms with Crippen LogP contribution in [0.3, 0.4) is 0 Å². The van der Waals surface area contributed by atoms with Gasteiger partial charge in [-0.15, -0.1) is 12.4 Å². The fraction of sp³-hybridized carbons (Fsp3) is 0.875. The molecule has 13 heavy (non-hydrogen) atoms. The molecule has 0 spiro atoms. The van der Waals surface area contributed by atoms with E-state index in [1.807, 2.05) is 0 Å². The van der Waals surface area contributed by atoms with Gasteiger partial charge in [0.05, 0.1) is 6.61 Å². The normalized spacial score (nSPS) is 17.6. The molecular weight excluding hydrogens is 192 g/mol. The molecule has 0 aromatic rings. The maximum absolute atomic E-state index is 11.3. The second-order valence-electron chi connectivity index (χ2n) is 3.04. The fourth-order valence-corrected chi connectivity index (χ4v) is 1.41. The monoisotopic (exact) mass is 208 g/mol. The Bertz CT molecular complexity index is 149. The SMILES string of the molecule is Cl.O=C(NCCO)C1CCNCC1. The van der Waals surface area contributed by atoms with Gasteiger partial charge in [-0.05, 0) is 25.9 Å². The van der Waals surface area contributed by atoms with Crippen molar-refractivity contribution in [2.45, 2.75) is 12.8 Å². The summed E-state index contributed by atoms with van der Waals surface area (Å²) in [5, 5.41) is 14.4. The van der Waals surface area contributed by atoms with E-state index in [1.165, 1.54) is 0 Å². The minimum atomic E-state index is 0. The van der Waals surface area contributed by atoms with Crippen molar-refractivity contribution >= 4 is 18.3 Å². The largest absolute Gasteiger partial charge is 0.395 e. The third-order valence-electron chi connectivity index (χ3n) is 2.12. The maximum atomic E-state index is 11.3. The average molecular weight is 209 g/mol. The molecule has 0 saturated carbocycles. The Hall–Kier alpha value is -0.320. The van der Waals surface area contributed by atoms with Gasteiger partial charge in [-0.3, -0.25) is 4.79 Å². The highest BCUT2D eigenvalue weighted by molar-refractivity contribution is 5.85. The minimum absolute atomic E-state index is 0. The van der Waals surface area contributed by atoms with Gasteiger partial charge in [0.1, 0.15) is 0 Å². The predicted molar refractivity (Wildman–Crippen MR) is 52.9 cm³/mol. The lowest BCUT2D eigenvalue weighted by atomic mass is 9.97. The third-order valence-corrected chi connectivity index (χ3v) is 2.12. The summed E-state index contributed by atoms with van der Waals surface area (Å²) in [6.07, 6.45) is 1.83. The molecule has 1 rings (SSSR count). The molecule has 0 unspecified atom stereocenters. The van der Waals surface area contributed by atoms with E-state index in [9.17, 15) is 4.79 Å². The smallest absolute Gasteiger partial charge is 0.223 e. The summed E-state index contributed by atoms with van der Waals surface area (Å²) in [4.78, 5) is 11.3. The molecule has 0 aromatic heterocycles. The Morgan fingerprint density at radius 1 is 1.46 bits per heavy atom. The highest BCUT2D eigenvalue weighted by Crippen LogP contribution is 2.10. The lowest BCUT2D eigenvalue weighted by Crippen LogP contribution is -2.39. The van der Waals surface area contributed by atoms with Gasteiger partial charge in [-0.2, -0.15) is 0 Å². The van der Waals surface area contributed by atoms with Gasteiger partial charge in [0.2, 0.25) is 5.91 Å². The van der Waals surface area contributed by atoms with Crippen LogP contribution in [0.1, 0.15) is 12.8 Å². The number of nitrogens with one attached hydrogen (secondary N) is 2. The van der Waals surface area contributed by atoms with Crippen LogP contribution in [0.2, 0.25) is 0 Å². The van der Waals surface area contributed by atoms with Crippen LogP contribution in [-0.4, -0.2) is 37.3 Å². The Morgan fingerprint density at radius 3 is 2.62 bits per heavy atom. The Morgan fingerprint density at radius 2 is 2.08 bits per heavy atom. The van der Waals surface area contributed by atoms with Crippen molar-refractivity contribution in [3.63, 3.8) is 0 Å². The van der Waals surface area contributed by atoms with Crippen LogP contribution in [0.5, 0.6) is 0 Å². The van der Waals surface area contributed by atoms with E-state index in [2.05, 4.69) is 10.6 Å². The quantitative estimate of drug-likeness (QED) is 0.587. The third kappa shape index (κ3) is 4.45. The highest BCUT2D eigenvalue weighted by atomic mass is 35.5. The second-order valence-corrected chi connectivity index (χ2v) is 3.04. The summed E-state index contributed by atoms with van der Waals surface area (Å²) >= 11 is 0. The van der Waals surface area contributed by atoms with Crippen molar-refractivity contribution in [1.29, 1.82) is 0 Å². The molecule has 1 aliphatic heterocycles. The summed E-state index contributed by atoms with van der Waals surface area (Å²) in [5.74, 6) is 0.239. The average Bonchev–Trinajstić information content (AvgIpc) is 2.15. The molecule has 0 radical (unpaired) electrons. The zero-order valence-electron chi connectivity index (χ0n) is 7.58. The topological polar surface area (TPSA) is 61.4 Å². The lowest BCUT2D eigenvalue weighted by Gasteiger charge is -2.21. The molecule has 4 nitrogen and oxygen atoms in total. The van der Waals surface area contributed by atoms with Gasteiger partial charge < -0.3 is 15.7 Å². The first-order chi connectivity index (χ1) is 5.84. The molecule has 0 aromatic carbocycles. The van der Waals surface area contributed by atoms with Gasteiger partial charge in [0, 0.05) is 12.5 Å². The summed E-state index contributed by atoms with van der Waals surface area (Å²) in [6.45, 7) is 2.26. The minimum Gasteiger partial charge on any atom is -0.395 e. The molecule has 0 bridgehead atoms. The highest BCUT2D eigenvalue weighted by Gasteiger charge is 2.19. The maximum Gasteiger partial charge on any atom is 0.223 e. The van der Waals surface area contributed by atoms with Gasteiger partial charge in [-0.25, -0.2) is 0 Å². The number of aliphatic hydroxyl groups is 1. The molecule has 1 saturated heterocycles. The molecule has 0 aliphatic carbocycles. The number of rotatable bonds is 3. The summed E-state index contributed by atoms with van der Waals surface area (Å²) < 4.78 is 0. The summed E-state index contributed by atoms with van der Waals surface area (Å²) in [7, 11) is 0. The van der Waals surface area contributed by atoms with E-state index in [-0.39, 0.29) is 30.8 Å². The molecule has 3 N–H and O–H groups in total. The lowest BCUT2D eigenvalue weighted by molar-refractivity contribution is -0.125. The summed E-state index contributed by atoms with van der Waals surface area (Å²) in [5.41, 5.74) is 0. The molecule has 1 fully saturated rings. The number of hydrogen-bond donors (Lipinski definition) is 3. The van der Waals surface area contributed by atoms with Gasteiger partial charge >= 0.3 is 0 Å². The van der Waals surface area contributed by atoms with Crippen molar-refractivity contribution in [3.8, 4) is 0 Å². The molecular formula is C8H17ClN2O2. The molecule has 0 atom stereocenters. The molecule has 1 heterocycles. The van der Waals surface area contributed by atoms with Gasteiger partial charge in [0.25, 0.3) is 0 Å². The Balaban J connectivity index is 0.00000144. The number of piperidine rings is 1. The number of halogens is 1. The van der Waals surface area contributed by atoms with Gasteiger partial charge in [-0.1, -0.05) is 0 Å². The number of amides is 1. The van der Waals surface area contributed by atoms with Gasteiger partial charge in [0.15, 0.2) is 0 Å². The van der Waals surface area contributed by atoms with Crippen LogP contribution in [0.4, 0.5) is 0 Å². The zero-order chi connectivity index (χ0) is 8.81. The number of aliphatic hydroxyl groups excluding tert-OH is 1. The first-order valence-corrected chi connectivity index (χ1v) is 4.44. The Kier molecular flexibility index (Phi) is 6.94. The van der Waals surface area contributed by atoms with Crippen LogP contribution in [0.25, 0.3) is 0 Å². The first kappa shape index (κ1) is 12.7. The van der Waals surface area contributed by atoms with Crippen LogP contribution < -0.4 is 10.6 Å². The molecule has 1 aliphatic rings. The standard InChI is InChI=1S/C8H16N2O2.ClH/c11-6-5-10-8(12)7-1-3-9-4-2-7;/h7,9,11H,1-6H2,(H,10,12);1H. The zero-order valence-corrected chi connectivity index (χ0v) is 8.40. The molecule has 1 amide bonds. The first-order valence-electron chi connectivity index (χ1n) is 4.44. The van der Waals surface area contributed by atoms with Crippen LogP contribution in [0.15, 0.2) is 0 Å². The number of hydrogen-bond acceptors (Lipinski definition) is 3. The van der Waals surface area contributed by atoms with Crippen molar-refractivity contribution < 1.29 is 9.90 Å². The molecule has 5 heteroatoms. The van der Waals surface area contributed by atoms with Crippen LogP contribution in [0, 0.1) is 5.92 Å². The Labute approximate surface area is 84.5 Å². The van der Waals surface area contributed by atoms with Crippen LogP contribution in [-0.2, 0) is 4.79 Å². The van der Waals surface area contributed by atoms with E-state index in [0.717, 1.165) is 25.9 Å². The van der Waals surface area contributed by atoms with E-state index in [1.54, 1.807) is 0 Å². The van der Waals surface area contributed by atoms with Crippen molar-refractivity contribution in [2.24, 2.45) is 5.92 Å². The van der Waals surface area contributed by atoms with Crippen molar-refractivity contribution in [3.05, 3.63) is 0 Å².